The van der Waals surface area contributed by atoms with Crippen molar-refractivity contribution in [3.63, 3.8) is 0 Å². The number of benzene rings is 2. The smallest absolute Gasteiger partial charge is 0.325 e. The third-order valence-corrected chi connectivity index (χ3v) is 7.24. The van der Waals surface area contributed by atoms with Crippen LogP contribution in [0, 0.1) is 5.92 Å². The molecule has 1 aromatic heterocycles. The van der Waals surface area contributed by atoms with E-state index in [0.29, 0.717) is 12.0 Å². The molecular formula is C26H27N3O3. The topological polar surface area (TPSA) is 71.4 Å². The Kier molecular flexibility index (Phi) is 4.88. The van der Waals surface area contributed by atoms with Gasteiger partial charge in [-0.05, 0) is 30.4 Å². The monoisotopic (exact) mass is 429 g/mol. The summed E-state index contributed by atoms with van der Waals surface area (Å²) in [4.78, 5) is 41.0. The fourth-order valence-electron chi connectivity index (χ4n) is 5.47. The molecule has 2 aromatic carbocycles. The number of nitrogens with one attached hydrogen (secondary N) is 1. The minimum Gasteiger partial charge on any atom is -0.343 e. The van der Waals surface area contributed by atoms with Crippen molar-refractivity contribution >= 4 is 28.6 Å². The molecule has 3 aromatic rings. The fourth-order valence-corrected chi connectivity index (χ4v) is 5.47. The maximum atomic E-state index is 13.7. The van der Waals surface area contributed by atoms with Crippen molar-refractivity contribution in [1.29, 1.82) is 0 Å². The number of fused-ring (bicyclic) bond motifs is 1. The number of para-hydroxylation sites is 1. The standard InChI is InChI=1S/C26H27N3O3/c1-17-10-8-9-15-26(17)24(31)29(25(32)27-26)16-21(30)22-19-13-6-7-14-20(19)28(2)23(22)18-11-4-3-5-12-18/h3-7,11-14,17H,8-10,15-16H2,1-2H3,(H,27,32)/t17-,26+/m1/s1. The molecule has 0 bridgehead atoms. The lowest BCUT2D eigenvalue weighted by Gasteiger charge is -2.36. The predicted molar refractivity (Wildman–Crippen MR) is 123 cm³/mol. The summed E-state index contributed by atoms with van der Waals surface area (Å²) in [5, 5.41) is 3.77. The quantitative estimate of drug-likeness (QED) is 0.489. The summed E-state index contributed by atoms with van der Waals surface area (Å²) in [5.41, 5.74) is 2.34. The first-order valence-corrected chi connectivity index (χ1v) is 11.2. The van der Waals surface area contributed by atoms with E-state index < -0.39 is 11.6 Å². The van der Waals surface area contributed by atoms with Gasteiger partial charge in [-0.1, -0.05) is 68.3 Å². The molecule has 0 radical (unpaired) electrons. The number of nitrogens with zero attached hydrogens (tertiary/aromatic N) is 2. The molecule has 1 saturated heterocycles. The molecule has 32 heavy (non-hydrogen) atoms. The van der Waals surface area contributed by atoms with Crippen LogP contribution in [-0.2, 0) is 11.8 Å². The molecule has 2 heterocycles. The summed E-state index contributed by atoms with van der Waals surface area (Å²) in [6.07, 6.45) is 3.49. The lowest BCUT2D eigenvalue weighted by molar-refractivity contribution is -0.133. The van der Waals surface area contributed by atoms with Crippen molar-refractivity contribution in [3.8, 4) is 11.3 Å². The molecular weight excluding hydrogens is 402 g/mol. The van der Waals surface area contributed by atoms with Gasteiger partial charge in [0.25, 0.3) is 5.91 Å². The van der Waals surface area contributed by atoms with Crippen molar-refractivity contribution in [3.05, 3.63) is 60.2 Å². The van der Waals surface area contributed by atoms with E-state index in [9.17, 15) is 14.4 Å². The molecule has 1 saturated carbocycles. The minimum absolute atomic E-state index is 0.0604. The summed E-state index contributed by atoms with van der Waals surface area (Å²) in [6.45, 7) is 1.76. The lowest BCUT2D eigenvalue weighted by Crippen LogP contribution is -2.54. The maximum Gasteiger partial charge on any atom is 0.325 e. The first-order valence-electron chi connectivity index (χ1n) is 11.2. The number of urea groups is 1. The Labute approximate surface area is 187 Å². The molecule has 6 nitrogen and oxygen atoms in total. The number of aromatic nitrogens is 1. The van der Waals surface area contributed by atoms with Crippen LogP contribution in [0.1, 0.15) is 43.0 Å². The molecule has 2 fully saturated rings. The van der Waals surface area contributed by atoms with E-state index in [1.807, 2.05) is 73.1 Å². The average Bonchev–Trinajstić information content (AvgIpc) is 3.23. The molecule has 1 aliphatic carbocycles. The van der Waals surface area contributed by atoms with Gasteiger partial charge in [0, 0.05) is 18.0 Å². The Morgan fingerprint density at radius 1 is 1.06 bits per heavy atom. The van der Waals surface area contributed by atoms with Gasteiger partial charge in [0.15, 0.2) is 5.78 Å². The van der Waals surface area contributed by atoms with Crippen LogP contribution in [-0.4, -0.2) is 39.3 Å². The van der Waals surface area contributed by atoms with E-state index in [4.69, 9.17) is 0 Å². The Morgan fingerprint density at radius 3 is 2.53 bits per heavy atom. The highest BCUT2D eigenvalue weighted by molar-refractivity contribution is 6.17. The van der Waals surface area contributed by atoms with E-state index in [1.54, 1.807) is 0 Å². The third-order valence-electron chi connectivity index (χ3n) is 7.24. The number of hydrogen-bond acceptors (Lipinski definition) is 3. The number of hydrogen-bond donors (Lipinski definition) is 1. The van der Waals surface area contributed by atoms with Crippen molar-refractivity contribution in [2.24, 2.45) is 13.0 Å². The normalized spacial score (nSPS) is 23.2. The predicted octanol–water partition coefficient (Wildman–Crippen LogP) is 4.53. The minimum atomic E-state index is -0.864. The highest BCUT2D eigenvalue weighted by atomic mass is 16.2. The zero-order valence-corrected chi connectivity index (χ0v) is 18.4. The number of Topliss-reactive ketones (excluding diaryl/α,β-unsaturated/α-hetero) is 1. The summed E-state index contributed by atoms with van der Waals surface area (Å²) >= 11 is 0. The van der Waals surface area contributed by atoms with Crippen LogP contribution in [0.4, 0.5) is 4.79 Å². The van der Waals surface area contributed by atoms with Gasteiger partial charge in [-0.3, -0.25) is 14.5 Å². The Hall–Kier alpha value is -3.41. The molecule has 5 rings (SSSR count). The number of amides is 3. The van der Waals surface area contributed by atoms with E-state index in [0.717, 1.165) is 46.3 Å². The SMILES string of the molecule is C[C@@H]1CCCC[C@]12NC(=O)N(CC(=O)c1c(-c3ccccc3)n(C)c3ccccc13)C2=O. The third kappa shape index (κ3) is 2.97. The molecule has 1 spiro atoms. The number of carbonyl (C=O) groups excluding carboxylic acids is 3. The van der Waals surface area contributed by atoms with Gasteiger partial charge in [-0.2, -0.15) is 0 Å². The van der Waals surface area contributed by atoms with Crippen LogP contribution in [0.5, 0.6) is 0 Å². The van der Waals surface area contributed by atoms with Crippen LogP contribution in [0.3, 0.4) is 0 Å². The number of carbonyl (C=O) groups is 3. The Morgan fingerprint density at radius 2 is 1.78 bits per heavy atom. The van der Waals surface area contributed by atoms with Crippen molar-refractivity contribution in [1.82, 2.24) is 14.8 Å². The second kappa shape index (κ2) is 7.62. The number of imide groups is 1. The second-order valence-corrected chi connectivity index (χ2v) is 9.03. The largest absolute Gasteiger partial charge is 0.343 e. The second-order valence-electron chi connectivity index (χ2n) is 9.03. The summed E-state index contributed by atoms with van der Waals surface area (Å²) in [7, 11) is 1.94. The van der Waals surface area contributed by atoms with Gasteiger partial charge in [-0.25, -0.2) is 4.79 Å². The average molecular weight is 430 g/mol. The van der Waals surface area contributed by atoms with E-state index >= 15 is 0 Å². The van der Waals surface area contributed by atoms with Crippen LogP contribution in [0.2, 0.25) is 0 Å². The molecule has 2 atom stereocenters. The van der Waals surface area contributed by atoms with Gasteiger partial charge in [-0.15, -0.1) is 0 Å². The van der Waals surface area contributed by atoms with E-state index in [2.05, 4.69) is 5.32 Å². The first kappa shape index (κ1) is 20.5. The van der Waals surface area contributed by atoms with Crippen molar-refractivity contribution < 1.29 is 14.4 Å². The summed E-state index contributed by atoms with van der Waals surface area (Å²) in [5.74, 6) is -0.431. The van der Waals surface area contributed by atoms with Gasteiger partial charge < -0.3 is 9.88 Å². The van der Waals surface area contributed by atoms with Crippen molar-refractivity contribution in [2.75, 3.05) is 6.54 Å². The van der Waals surface area contributed by atoms with Crippen molar-refractivity contribution in [2.45, 2.75) is 38.1 Å². The number of rotatable bonds is 4. The summed E-state index contributed by atoms with van der Waals surface area (Å²) < 4.78 is 2.01. The summed E-state index contributed by atoms with van der Waals surface area (Å²) in [6, 6.07) is 17.0. The molecule has 6 heteroatoms. The van der Waals surface area contributed by atoms with E-state index in [-0.39, 0.29) is 24.2 Å². The Bertz CT molecular complexity index is 1230. The van der Waals surface area contributed by atoms with Gasteiger partial charge in [0.1, 0.15) is 5.54 Å². The lowest BCUT2D eigenvalue weighted by atomic mass is 9.73. The van der Waals surface area contributed by atoms with Gasteiger partial charge in [0.05, 0.1) is 17.8 Å². The Balaban J connectivity index is 1.55. The molecule has 0 unspecified atom stereocenters. The van der Waals surface area contributed by atoms with Crippen LogP contribution >= 0.6 is 0 Å². The van der Waals surface area contributed by atoms with Crippen LogP contribution in [0.25, 0.3) is 22.2 Å². The van der Waals surface area contributed by atoms with Crippen LogP contribution < -0.4 is 5.32 Å². The molecule has 1 N–H and O–H groups in total. The first-order chi connectivity index (χ1) is 15.4. The molecule has 164 valence electrons. The zero-order chi connectivity index (χ0) is 22.5. The van der Waals surface area contributed by atoms with Gasteiger partial charge in [0.2, 0.25) is 0 Å². The number of aryl methyl sites for hydroxylation is 1. The molecule has 3 amide bonds. The van der Waals surface area contributed by atoms with Crippen LogP contribution in [0.15, 0.2) is 54.6 Å². The van der Waals surface area contributed by atoms with E-state index in [1.165, 1.54) is 0 Å². The maximum absolute atomic E-state index is 13.7. The fraction of sp³-hybridized carbons (Fsp3) is 0.346. The highest BCUT2D eigenvalue weighted by Gasteiger charge is 2.55. The number of ketones is 1. The highest BCUT2D eigenvalue weighted by Crippen LogP contribution is 2.39. The molecule has 2 aliphatic rings. The molecule has 1 aliphatic heterocycles. The van der Waals surface area contributed by atoms with Gasteiger partial charge >= 0.3 is 6.03 Å². The zero-order valence-electron chi connectivity index (χ0n) is 18.4.